The summed E-state index contributed by atoms with van der Waals surface area (Å²) in [6.45, 7) is 0.306. The van der Waals surface area contributed by atoms with Gasteiger partial charge in [-0.1, -0.05) is 12.1 Å². The first-order chi connectivity index (χ1) is 10.7. The standard InChI is InChI=1S/C14H20F3NO2S/c1-9(18-21(20)13(2,3)4)10-6-5-7-11(12(10)15)14(16,17)8-19/h5-7,9,18-19H,8H2,1-4H3/t9-,21?/m1/s1/i1D3. The Bertz CT molecular complexity index is 579. The second-order valence-electron chi connectivity index (χ2n) is 5.50. The number of aliphatic hydroxyl groups excluding tert-OH is 1. The summed E-state index contributed by atoms with van der Waals surface area (Å²) >= 11 is -1.87. The van der Waals surface area contributed by atoms with Crippen molar-refractivity contribution in [1.29, 1.82) is 0 Å². The van der Waals surface area contributed by atoms with E-state index in [1.807, 2.05) is 0 Å². The maximum absolute atomic E-state index is 14.5. The molecule has 120 valence electrons. The topological polar surface area (TPSA) is 55.3 Å². The van der Waals surface area contributed by atoms with Crippen molar-refractivity contribution in [1.82, 2.24) is 4.72 Å². The molecule has 0 bridgehead atoms. The van der Waals surface area contributed by atoms with Crippen molar-refractivity contribution in [3.63, 3.8) is 0 Å². The Kier molecular flexibility index (Phi) is 4.33. The number of aliphatic hydroxyl groups is 1. The summed E-state index contributed by atoms with van der Waals surface area (Å²) in [5.74, 6) is -5.31. The normalized spacial score (nSPS) is 18.6. The molecule has 1 aromatic rings. The highest BCUT2D eigenvalue weighted by Crippen LogP contribution is 2.32. The van der Waals surface area contributed by atoms with Gasteiger partial charge in [-0.15, -0.1) is 4.72 Å². The molecule has 0 fully saturated rings. The highest BCUT2D eigenvalue weighted by Gasteiger charge is 2.36. The van der Waals surface area contributed by atoms with Crippen LogP contribution in [0.15, 0.2) is 18.2 Å². The molecular weight excluding hydrogens is 303 g/mol. The first-order valence-electron chi connectivity index (χ1n) is 7.67. The van der Waals surface area contributed by atoms with Crippen molar-refractivity contribution >= 4 is 11.4 Å². The summed E-state index contributed by atoms with van der Waals surface area (Å²) in [7, 11) is 0. The number of hydrogen-bond acceptors (Lipinski definition) is 3. The quantitative estimate of drug-likeness (QED) is 0.818. The Balaban J connectivity index is 3.38. The van der Waals surface area contributed by atoms with Gasteiger partial charge in [-0.25, -0.2) is 4.39 Å². The van der Waals surface area contributed by atoms with Crippen LogP contribution in [-0.2, 0) is 17.3 Å². The summed E-state index contributed by atoms with van der Waals surface area (Å²) in [6.07, 6.45) is 0. The number of benzene rings is 1. The van der Waals surface area contributed by atoms with Crippen LogP contribution >= 0.6 is 0 Å². The molecule has 0 amide bonds. The van der Waals surface area contributed by atoms with Crippen LogP contribution in [0.1, 0.15) is 48.9 Å². The van der Waals surface area contributed by atoms with Gasteiger partial charge in [-0.2, -0.15) is 8.78 Å². The maximum Gasteiger partial charge on any atom is 0.298 e. The Morgan fingerprint density at radius 3 is 2.52 bits per heavy atom. The van der Waals surface area contributed by atoms with Crippen LogP contribution in [0.25, 0.3) is 0 Å². The third-order valence-electron chi connectivity index (χ3n) is 2.71. The van der Waals surface area contributed by atoms with E-state index in [1.54, 1.807) is 20.8 Å². The highest BCUT2D eigenvalue weighted by molar-refractivity contribution is 7.90. The van der Waals surface area contributed by atoms with Crippen molar-refractivity contribution in [2.75, 3.05) is 6.61 Å². The van der Waals surface area contributed by atoms with E-state index >= 15 is 0 Å². The van der Waals surface area contributed by atoms with E-state index < -0.39 is 58.5 Å². The highest BCUT2D eigenvalue weighted by atomic mass is 32.2. The molecule has 0 spiro atoms. The average Bonchev–Trinajstić information content (AvgIpc) is 2.42. The van der Waals surface area contributed by atoms with Gasteiger partial charge in [-0.3, -0.25) is 0 Å². The maximum atomic E-state index is 14.5. The van der Waals surface area contributed by atoms with Crippen LogP contribution in [0.5, 0.6) is 0 Å². The molecule has 1 rings (SSSR count). The fourth-order valence-corrected chi connectivity index (χ4v) is 2.18. The van der Waals surface area contributed by atoms with Gasteiger partial charge < -0.3 is 9.66 Å². The lowest BCUT2D eigenvalue weighted by Crippen LogP contribution is -2.40. The minimum atomic E-state index is -3.86. The van der Waals surface area contributed by atoms with Crippen LogP contribution in [0.4, 0.5) is 13.2 Å². The van der Waals surface area contributed by atoms with E-state index in [0.29, 0.717) is 0 Å². The summed E-state index contributed by atoms with van der Waals surface area (Å²) in [4.78, 5) is 0. The number of rotatable bonds is 5. The molecular formula is C14H20F3NO2S. The van der Waals surface area contributed by atoms with Gasteiger partial charge in [0.2, 0.25) is 0 Å². The molecule has 1 aromatic carbocycles. The predicted molar refractivity (Wildman–Crippen MR) is 76.8 cm³/mol. The van der Waals surface area contributed by atoms with Gasteiger partial charge in [0.1, 0.15) is 17.2 Å². The summed E-state index contributed by atoms with van der Waals surface area (Å²) in [5, 5.41) is 8.72. The van der Waals surface area contributed by atoms with E-state index in [4.69, 9.17) is 9.22 Å². The molecule has 21 heavy (non-hydrogen) atoms. The third-order valence-corrected chi connectivity index (χ3v) is 4.28. The Morgan fingerprint density at radius 1 is 1.43 bits per heavy atom. The van der Waals surface area contributed by atoms with Crippen molar-refractivity contribution in [3.8, 4) is 0 Å². The molecule has 2 atom stereocenters. The van der Waals surface area contributed by atoms with Crippen LogP contribution in [0.3, 0.4) is 0 Å². The van der Waals surface area contributed by atoms with Crippen LogP contribution in [0, 0.1) is 5.82 Å². The SMILES string of the molecule is [2H]C([2H])([2H])[C@@H](N[S+]([O-])C(C)(C)C)c1cccc(C(F)(F)CO)c1F. The first-order valence-corrected chi connectivity index (χ1v) is 7.32. The molecule has 1 unspecified atom stereocenters. The Labute approximate surface area is 130 Å². The number of halogens is 3. The lowest BCUT2D eigenvalue weighted by molar-refractivity contribution is -0.0584. The molecule has 0 saturated heterocycles. The zero-order valence-corrected chi connectivity index (χ0v) is 12.7. The molecule has 0 radical (unpaired) electrons. The van der Waals surface area contributed by atoms with E-state index in [-0.39, 0.29) is 0 Å². The Morgan fingerprint density at radius 2 is 2.05 bits per heavy atom. The van der Waals surface area contributed by atoms with E-state index in [2.05, 4.69) is 4.72 Å². The van der Waals surface area contributed by atoms with Gasteiger partial charge in [0.05, 0.1) is 11.6 Å². The summed E-state index contributed by atoms with van der Waals surface area (Å²) < 4.78 is 78.0. The number of alkyl halides is 2. The van der Waals surface area contributed by atoms with E-state index in [1.165, 1.54) is 0 Å². The predicted octanol–water partition coefficient (Wildman–Crippen LogP) is 3.02. The molecule has 0 aliphatic heterocycles. The van der Waals surface area contributed by atoms with E-state index in [0.717, 1.165) is 18.2 Å². The fourth-order valence-electron chi connectivity index (χ4n) is 1.49. The average molecular weight is 326 g/mol. The Hall–Kier alpha value is -0.760. The lowest BCUT2D eigenvalue weighted by Gasteiger charge is -2.27. The van der Waals surface area contributed by atoms with Crippen LogP contribution in [-0.4, -0.2) is 21.0 Å². The molecule has 0 aliphatic carbocycles. The van der Waals surface area contributed by atoms with Gasteiger partial charge in [-0.05, 0) is 33.7 Å². The van der Waals surface area contributed by atoms with Gasteiger partial charge in [0.25, 0.3) is 5.92 Å². The first kappa shape index (κ1) is 13.9. The van der Waals surface area contributed by atoms with Crippen molar-refractivity contribution < 1.29 is 26.9 Å². The molecule has 2 N–H and O–H groups in total. The number of nitrogens with one attached hydrogen (secondary N) is 1. The molecule has 7 heteroatoms. The van der Waals surface area contributed by atoms with Crippen molar-refractivity contribution in [3.05, 3.63) is 35.1 Å². The minimum Gasteiger partial charge on any atom is -0.598 e. The van der Waals surface area contributed by atoms with Crippen LogP contribution in [0.2, 0.25) is 0 Å². The zero-order valence-electron chi connectivity index (χ0n) is 14.9. The number of hydrogen-bond donors (Lipinski definition) is 2. The van der Waals surface area contributed by atoms with Gasteiger partial charge in [0.15, 0.2) is 0 Å². The zero-order chi connectivity index (χ0) is 18.9. The van der Waals surface area contributed by atoms with Crippen molar-refractivity contribution in [2.45, 2.75) is 44.3 Å². The molecule has 0 aromatic heterocycles. The van der Waals surface area contributed by atoms with Crippen molar-refractivity contribution in [2.24, 2.45) is 0 Å². The molecule has 3 nitrogen and oxygen atoms in total. The molecule has 0 saturated carbocycles. The third kappa shape index (κ3) is 4.35. The second kappa shape index (κ2) is 6.56. The molecule has 0 heterocycles. The van der Waals surface area contributed by atoms with Gasteiger partial charge >= 0.3 is 0 Å². The van der Waals surface area contributed by atoms with Crippen LogP contribution < -0.4 is 4.72 Å². The largest absolute Gasteiger partial charge is 0.598 e. The fraction of sp³-hybridized carbons (Fsp3) is 0.571. The smallest absolute Gasteiger partial charge is 0.298 e. The lowest BCUT2D eigenvalue weighted by atomic mass is 10.0. The summed E-state index contributed by atoms with van der Waals surface area (Å²) in [5.41, 5.74) is -1.67. The van der Waals surface area contributed by atoms with Gasteiger partial charge in [0, 0.05) is 21.0 Å². The minimum absolute atomic E-state index is 0.557. The molecule has 0 aliphatic rings. The second-order valence-corrected chi connectivity index (χ2v) is 7.50. The monoisotopic (exact) mass is 326 g/mol. The van der Waals surface area contributed by atoms with E-state index in [9.17, 15) is 17.7 Å². The summed E-state index contributed by atoms with van der Waals surface area (Å²) in [6, 6.07) is 1.13.